The van der Waals surface area contributed by atoms with Crippen LogP contribution in [0.1, 0.15) is 0 Å². The van der Waals surface area contributed by atoms with Crippen LogP contribution >= 0.6 is 11.6 Å². The molecule has 0 aromatic heterocycles. The lowest BCUT2D eigenvalue weighted by atomic mass is 10.0. The number of anilines is 1. The van der Waals surface area contributed by atoms with Gasteiger partial charge in [-0.2, -0.15) is 8.78 Å². The minimum Gasteiger partial charge on any atom is -0.435 e. The van der Waals surface area contributed by atoms with Crippen LogP contribution in [0.5, 0.6) is 5.75 Å². The standard InChI is InChI=1S/C13H10ClF2NO/c14-9-3-1-8(2-4-9)11-7-10(18-13(15)16)5-6-12(11)17/h1-7,13H,17H2. The van der Waals surface area contributed by atoms with Crippen molar-refractivity contribution < 1.29 is 13.5 Å². The monoisotopic (exact) mass is 269 g/mol. The molecule has 0 spiro atoms. The van der Waals surface area contributed by atoms with Crippen LogP contribution in [0.4, 0.5) is 14.5 Å². The summed E-state index contributed by atoms with van der Waals surface area (Å²) < 4.78 is 28.6. The van der Waals surface area contributed by atoms with E-state index in [-0.39, 0.29) is 5.75 Å². The summed E-state index contributed by atoms with van der Waals surface area (Å²) in [6.45, 7) is -2.85. The Hall–Kier alpha value is -1.81. The fourth-order valence-electron chi connectivity index (χ4n) is 1.59. The van der Waals surface area contributed by atoms with E-state index in [1.54, 1.807) is 24.3 Å². The SMILES string of the molecule is Nc1ccc(OC(F)F)cc1-c1ccc(Cl)cc1. The van der Waals surface area contributed by atoms with E-state index in [0.717, 1.165) is 5.56 Å². The second kappa shape index (κ2) is 5.23. The number of alkyl halides is 2. The Kier molecular flexibility index (Phi) is 3.67. The van der Waals surface area contributed by atoms with Gasteiger partial charge < -0.3 is 10.5 Å². The molecule has 2 aromatic carbocycles. The quantitative estimate of drug-likeness (QED) is 0.848. The van der Waals surface area contributed by atoms with Crippen LogP contribution in [0.15, 0.2) is 42.5 Å². The van der Waals surface area contributed by atoms with Gasteiger partial charge in [-0.3, -0.25) is 0 Å². The van der Waals surface area contributed by atoms with Crippen molar-refractivity contribution in [1.29, 1.82) is 0 Å². The molecule has 94 valence electrons. The molecule has 2 N–H and O–H groups in total. The maximum atomic E-state index is 12.1. The van der Waals surface area contributed by atoms with Gasteiger partial charge in [0.25, 0.3) is 0 Å². The van der Waals surface area contributed by atoms with E-state index in [1.807, 2.05) is 0 Å². The summed E-state index contributed by atoms with van der Waals surface area (Å²) in [5.74, 6) is 0.0733. The lowest BCUT2D eigenvalue weighted by Gasteiger charge is -2.10. The van der Waals surface area contributed by atoms with Gasteiger partial charge in [0.1, 0.15) is 5.75 Å². The fourth-order valence-corrected chi connectivity index (χ4v) is 1.72. The second-order valence-electron chi connectivity index (χ2n) is 3.63. The van der Waals surface area contributed by atoms with Gasteiger partial charge in [0.2, 0.25) is 0 Å². The predicted octanol–water partition coefficient (Wildman–Crippen LogP) is 4.19. The van der Waals surface area contributed by atoms with E-state index in [2.05, 4.69) is 4.74 Å². The first-order chi connectivity index (χ1) is 8.56. The summed E-state index contributed by atoms with van der Waals surface area (Å²) in [6, 6.07) is 11.3. The Bertz CT molecular complexity index is 543. The van der Waals surface area contributed by atoms with Crippen molar-refractivity contribution in [2.24, 2.45) is 0 Å². The minimum absolute atomic E-state index is 0.0733. The Morgan fingerprint density at radius 3 is 2.33 bits per heavy atom. The Morgan fingerprint density at radius 2 is 1.72 bits per heavy atom. The lowest BCUT2D eigenvalue weighted by Crippen LogP contribution is -2.02. The highest BCUT2D eigenvalue weighted by molar-refractivity contribution is 6.30. The average Bonchev–Trinajstić information content (AvgIpc) is 2.32. The van der Waals surface area contributed by atoms with E-state index in [9.17, 15) is 8.78 Å². The molecule has 5 heteroatoms. The summed E-state index contributed by atoms with van der Waals surface area (Å²) in [5.41, 5.74) is 7.72. The maximum Gasteiger partial charge on any atom is 0.387 e. The first-order valence-corrected chi connectivity index (χ1v) is 5.54. The molecule has 0 atom stereocenters. The van der Waals surface area contributed by atoms with Crippen LogP contribution in [-0.4, -0.2) is 6.61 Å². The van der Waals surface area contributed by atoms with Gasteiger partial charge in [0, 0.05) is 16.3 Å². The van der Waals surface area contributed by atoms with Crippen molar-refractivity contribution in [3.8, 4) is 16.9 Å². The van der Waals surface area contributed by atoms with E-state index in [1.165, 1.54) is 18.2 Å². The number of nitrogen functional groups attached to an aromatic ring is 1. The molecule has 0 fully saturated rings. The number of hydrogen-bond acceptors (Lipinski definition) is 2. The topological polar surface area (TPSA) is 35.2 Å². The third kappa shape index (κ3) is 2.90. The normalized spacial score (nSPS) is 10.7. The molecule has 0 saturated carbocycles. The smallest absolute Gasteiger partial charge is 0.387 e. The summed E-state index contributed by atoms with van der Waals surface area (Å²) in [7, 11) is 0. The highest BCUT2D eigenvalue weighted by atomic mass is 35.5. The number of halogens is 3. The number of ether oxygens (including phenoxy) is 1. The number of nitrogens with two attached hydrogens (primary N) is 1. The molecular weight excluding hydrogens is 260 g/mol. The van der Waals surface area contributed by atoms with Crippen LogP contribution in [0.3, 0.4) is 0 Å². The molecule has 18 heavy (non-hydrogen) atoms. The Labute approximate surface area is 108 Å². The molecule has 0 radical (unpaired) electrons. The lowest BCUT2D eigenvalue weighted by molar-refractivity contribution is -0.0498. The third-order valence-electron chi connectivity index (χ3n) is 2.41. The zero-order valence-corrected chi connectivity index (χ0v) is 9.99. The molecule has 0 amide bonds. The van der Waals surface area contributed by atoms with Crippen molar-refractivity contribution in [3.05, 3.63) is 47.5 Å². The van der Waals surface area contributed by atoms with Gasteiger partial charge in [-0.05, 0) is 35.9 Å². The summed E-state index contributed by atoms with van der Waals surface area (Å²) in [5, 5.41) is 0.595. The molecule has 0 unspecified atom stereocenters. The van der Waals surface area contributed by atoms with Gasteiger partial charge >= 0.3 is 6.61 Å². The van der Waals surface area contributed by atoms with Crippen LogP contribution in [-0.2, 0) is 0 Å². The van der Waals surface area contributed by atoms with Crippen LogP contribution in [0.2, 0.25) is 5.02 Å². The zero-order valence-electron chi connectivity index (χ0n) is 9.24. The highest BCUT2D eigenvalue weighted by Gasteiger charge is 2.08. The molecule has 0 heterocycles. The molecule has 0 aliphatic heterocycles. The molecule has 0 saturated heterocycles. The van der Waals surface area contributed by atoms with Gasteiger partial charge in [0.15, 0.2) is 0 Å². The highest BCUT2D eigenvalue weighted by Crippen LogP contribution is 2.31. The maximum absolute atomic E-state index is 12.1. The van der Waals surface area contributed by atoms with Crippen molar-refractivity contribution in [1.82, 2.24) is 0 Å². The van der Waals surface area contributed by atoms with Crippen LogP contribution in [0, 0.1) is 0 Å². The first-order valence-electron chi connectivity index (χ1n) is 5.16. The molecule has 0 aliphatic rings. The molecule has 2 aromatic rings. The van der Waals surface area contributed by atoms with Gasteiger partial charge in [-0.25, -0.2) is 0 Å². The van der Waals surface area contributed by atoms with Gasteiger partial charge in [-0.15, -0.1) is 0 Å². The van der Waals surface area contributed by atoms with Crippen molar-refractivity contribution in [2.75, 3.05) is 5.73 Å². The van der Waals surface area contributed by atoms with Crippen LogP contribution < -0.4 is 10.5 Å². The first kappa shape index (κ1) is 12.6. The Morgan fingerprint density at radius 1 is 1.06 bits per heavy atom. The number of benzene rings is 2. The van der Waals surface area contributed by atoms with Crippen LogP contribution in [0.25, 0.3) is 11.1 Å². The molecule has 2 rings (SSSR count). The van der Waals surface area contributed by atoms with Crippen molar-refractivity contribution in [3.63, 3.8) is 0 Å². The largest absolute Gasteiger partial charge is 0.435 e. The summed E-state index contributed by atoms with van der Waals surface area (Å²) in [6.07, 6.45) is 0. The van der Waals surface area contributed by atoms with Crippen molar-refractivity contribution in [2.45, 2.75) is 6.61 Å². The van der Waals surface area contributed by atoms with E-state index >= 15 is 0 Å². The molecule has 0 bridgehead atoms. The number of rotatable bonds is 3. The predicted molar refractivity (Wildman–Crippen MR) is 67.9 cm³/mol. The minimum atomic E-state index is -2.85. The fraction of sp³-hybridized carbons (Fsp3) is 0.0769. The van der Waals surface area contributed by atoms with Gasteiger partial charge in [0.05, 0.1) is 0 Å². The molecular formula is C13H10ClF2NO. The summed E-state index contributed by atoms with van der Waals surface area (Å²) in [4.78, 5) is 0. The molecule has 2 nitrogen and oxygen atoms in total. The van der Waals surface area contributed by atoms with Crippen molar-refractivity contribution >= 4 is 17.3 Å². The van der Waals surface area contributed by atoms with Gasteiger partial charge in [-0.1, -0.05) is 23.7 Å². The molecule has 0 aliphatic carbocycles. The summed E-state index contributed by atoms with van der Waals surface area (Å²) >= 11 is 5.78. The second-order valence-corrected chi connectivity index (χ2v) is 4.07. The van der Waals surface area contributed by atoms with E-state index in [4.69, 9.17) is 17.3 Å². The zero-order chi connectivity index (χ0) is 13.1. The van der Waals surface area contributed by atoms with E-state index in [0.29, 0.717) is 16.3 Å². The third-order valence-corrected chi connectivity index (χ3v) is 2.66. The van der Waals surface area contributed by atoms with E-state index < -0.39 is 6.61 Å². The number of hydrogen-bond donors (Lipinski definition) is 1. The average molecular weight is 270 g/mol. The Balaban J connectivity index is 2.39.